The fourth-order valence-corrected chi connectivity index (χ4v) is 5.35. The van der Waals surface area contributed by atoms with Gasteiger partial charge in [0.25, 0.3) is 0 Å². The van der Waals surface area contributed by atoms with Crippen LogP contribution in [0.2, 0.25) is 5.02 Å². The Hall–Kier alpha value is -1.47. The summed E-state index contributed by atoms with van der Waals surface area (Å²) < 4.78 is 4.72. The average molecular weight is 417 g/mol. The van der Waals surface area contributed by atoms with E-state index in [1.54, 1.807) is 4.88 Å². The fraction of sp³-hybridized carbons (Fsp3) is 0.400. The highest BCUT2D eigenvalue weighted by atomic mass is 35.5. The summed E-state index contributed by atoms with van der Waals surface area (Å²) >= 11 is 13.6. The van der Waals surface area contributed by atoms with E-state index in [2.05, 4.69) is 16.3 Å². The molecule has 1 aromatic carbocycles. The van der Waals surface area contributed by atoms with Gasteiger partial charge in [0.2, 0.25) is 0 Å². The van der Waals surface area contributed by atoms with Crippen LogP contribution in [0.15, 0.2) is 35.7 Å². The van der Waals surface area contributed by atoms with Crippen LogP contribution in [0.1, 0.15) is 29.3 Å². The summed E-state index contributed by atoms with van der Waals surface area (Å²) in [6.45, 7) is 1.82. The molecule has 0 spiro atoms. The highest BCUT2D eigenvalue weighted by Gasteiger charge is 2.40. The van der Waals surface area contributed by atoms with E-state index in [1.165, 1.54) is 18.4 Å². The standard InChI is InChI=1S/C20H21ClN4S2/c1-23-19(14-4-6-15(21)7-5-14)22-25(20(23)26)12-24-10-8-17-16(9-11-27-17)18(24)13-2-3-13/h4-7,9,11,13,18H,2-3,8,10,12H2,1H3/t18-/m1/s1. The van der Waals surface area contributed by atoms with Crippen molar-refractivity contribution in [3.05, 3.63) is 55.9 Å². The Bertz CT molecular complexity index is 1030. The molecule has 27 heavy (non-hydrogen) atoms. The van der Waals surface area contributed by atoms with Gasteiger partial charge in [-0.2, -0.15) is 5.10 Å². The summed E-state index contributed by atoms with van der Waals surface area (Å²) in [7, 11) is 1.99. The zero-order valence-corrected chi connectivity index (χ0v) is 17.5. The minimum atomic E-state index is 0.517. The van der Waals surface area contributed by atoms with E-state index in [9.17, 15) is 0 Å². The molecule has 0 amide bonds. The van der Waals surface area contributed by atoms with Crippen molar-refractivity contribution in [3.63, 3.8) is 0 Å². The second-order valence-electron chi connectivity index (χ2n) is 7.46. The predicted molar refractivity (Wildman–Crippen MR) is 113 cm³/mol. The van der Waals surface area contributed by atoms with Gasteiger partial charge in [-0.3, -0.25) is 4.90 Å². The van der Waals surface area contributed by atoms with E-state index < -0.39 is 0 Å². The number of hydrogen-bond donors (Lipinski definition) is 0. The van der Waals surface area contributed by atoms with E-state index in [0.29, 0.717) is 6.04 Å². The Morgan fingerprint density at radius 1 is 1.22 bits per heavy atom. The molecule has 0 bridgehead atoms. The minimum absolute atomic E-state index is 0.517. The highest BCUT2D eigenvalue weighted by molar-refractivity contribution is 7.71. The van der Waals surface area contributed by atoms with Crippen molar-refractivity contribution in [2.45, 2.75) is 32.0 Å². The summed E-state index contributed by atoms with van der Waals surface area (Å²) in [6.07, 6.45) is 3.79. The summed E-state index contributed by atoms with van der Waals surface area (Å²) in [4.78, 5) is 4.14. The zero-order chi connectivity index (χ0) is 18.5. The minimum Gasteiger partial charge on any atom is -0.303 e. The largest absolute Gasteiger partial charge is 0.303 e. The molecule has 5 rings (SSSR count). The van der Waals surface area contributed by atoms with Gasteiger partial charge in [-0.05, 0) is 78.7 Å². The lowest BCUT2D eigenvalue weighted by Gasteiger charge is -2.35. The molecule has 3 aromatic rings. The molecule has 0 unspecified atom stereocenters. The van der Waals surface area contributed by atoms with E-state index in [4.69, 9.17) is 28.9 Å². The SMILES string of the molecule is Cn1c(-c2ccc(Cl)cc2)nn(CN2CCc3sccc3[C@H]2C2CC2)c1=S. The quantitative estimate of drug-likeness (QED) is 0.540. The number of rotatable bonds is 4. The van der Waals surface area contributed by atoms with E-state index in [0.717, 1.165) is 46.7 Å². The molecule has 0 radical (unpaired) electrons. The summed E-state index contributed by atoms with van der Waals surface area (Å²) in [5.74, 6) is 1.67. The molecule has 1 atom stereocenters. The number of thiophene rings is 1. The first-order valence-electron chi connectivity index (χ1n) is 9.32. The van der Waals surface area contributed by atoms with Crippen LogP contribution < -0.4 is 0 Å². The van der Waals surface area contributed by atoms with Crippen LogP contribution in [0.3, 0.4) is 0 Å². The van der Waals surface area contributed by atoms with Gasteiger partial charge < -0.3 is 4.57 Å². The summed E-state index contributed by atoms with van der Waals surface area (Å²) in [6, 6.07) is 10.6. The maximum Gasteiger partial charge on any atom is 0.199 e. The van der Waals surface area contributed by atoms with Gasteiger partial charge in [-0.25, -0.2) is 4.68 Å². The number of fused-ring (bicyclic) bond motifs is 1. The molecule has 3 heterocycles. The van der Waals surface area contributed by atoms with Crippen LogP contribution in [0, 0.1) is 10.7 Å². The highest BCUT2D eigenvalue weighted by Crippen LogP contribution is 2.48. The summed E-state index contributed by atoms with van der Waals surface area (Å²) in [5.41, 5.74) is 2.57. The van der Waals surface area contributed by atoms with Gasteiger partial charge in [0.1, 0.15) is 0 Å². The summed E-state index contributed by atoms with van der Waals surface area (Å²) in [5, 5.41) is 7.83. The third-order valence-corrected chi connectivity index (χ3v) is 7.38. The number of halogens is 1. The van der Waals surface area contributed by atoms with Crippen molar-refractivity contribution in [2.24, 2.45) is 13.0 Å². The fourth-order valence-electron chi connectivity index (χ4n) is 4.12. The Kier molecular flexibility index (Phi) is 4.47. The van der Waals surface area contributed by atoms with Gasteiger partial charge in [-0.1, -0.05) is 11.6 Å². The number of hydrogen-bond acceptors (Lipinski definition) is 4. The molecular formula is C20H21ClN4S2. The third-order valence-electron chi connectivity index (χ3n) is 5.65. The van der Waals surface area contributed by atoms with Crippen molar-refractivity contribution >= 4 is 35.2 Å². The first kappa shape index (κ1) is 17.6. The van der Waals surface area contributed by atoms with Crippen LogP contribution in [0.25, 0.3) is 11.4 Å². The van der Waals surface area contributed by atoms with E-state index >= 15 is 0 Å². The molecule has 7 heteroatoms. The molecular weight excluding hydrogens is 396 g/mol. The maximum absolute atomic E-state index is 6.03. The molecule has 0 N–H and O–H groups in total. The Morgan fingerprint density at radius 3 is 2.74 bits per heavy atom. The van der Waals surface area contributed by atoms with Crippen molar-refractivity contribution < 1.29 is 0 Å². The van der Waals surface area contributed by atoms with Crippen molar-refractivity contribution in [2.75, 3.05) is 6.54 Å². The first-order valence-corrected chi connectivity index (χ1v) is 11.0. The molecule has 0 saturated heterocycles. The van der Waals surface area contributed by atoms with Gasteiger partial charge in [-0.15, -0.1) is 11.3 Å². The molecule has 1 aliphatic heterocycles. The van der Waals surface area contributed by atoms with Crippen molar-refractivity contribution in [3.8, 4) is 11.4 Å². The Balaban J connectivity index is 1.47. The van der Waals surface area contributed by atoms with Crippen LogP contribution in [-0.4, -0.2) is 25.8 Å². The van der Waals surface area contributed by atoms with Crippen LogP contribution >= 0.6 is 35.2 Å². The zero-order valence-electron chi connectivity index (χ0n) is 15.1. The maximum atomic E-state index is 6.03. The predicted octanol–water partition coefficient (Wildman–Crippen LogP) is 5.30. The average Bonchev–Trinajstić information content (AvgIpc) is 3.33. The molecule has 1 aliphatic carbocycles. The number of benzene rings is 1. The van der Waals surface area contributed by atoms with Gasteiger partial charge in [0.05, 0.1) is 6.67 Å². The smallest absolute Gasteiger partial charge is 0.199 e. The van der Waals surface area contributed by atoms with Gasteiger partial charge in [0.15, 0.2) is 10.6 Å². The Labute approximate surface area is 173 Å². The monoisotopic (exact) mass is 416 g/mol. The normalized spacial score (nSPS) is 20.0. The first-order chi connectivity index (χ1) is 13.1. The second-order valence-corrected chi connectivity index (χ2v) is 9.26. The van der Waals surface area contributed by atoms with Crippen molar-refractivity contribution in [1.29, 1.82) is 0 Å². The van der Waals surface area contributed by atoms with Gasteiger partial charge in [0, 0.05) is 35.1 Å². The second kappa shape index (κ2) is 6.85. The van der Waals surface area contributed by atoms with E-state index in [1.807, 2.05) is 51.9 Å². The lowest BCUT2D eigenvalue weighted by Crippen LogP contribution is -2.37. The molecule has 1 fully saturated rings. The van der Waals surface area contributed by atoms with Gasteiger partial charge >= 0.3 is 0 Å². The number of aromatic nitrogens is 3. The van der Waals surface area contributed by atoms with E-state index in [-0.39, 0.29) is 0 Å². The molecule has 140 valence electrons. The van der Waals surface area contributed by atoms with Crippen molar-refractivity contribution in [1.82, 2.24) is 19.2 Å². The number of nitrogens with zero attached hydrogens (tertiary/aromatic N) is 4. The molecule has 2 aromatic heterocycles. The lowest BCUT2D eigenvalue weighted by molar-refractivity contribution is 0.117. The molecule has 1 saturated carbocycles. The Morgan fingerprint density at radius 2 is 2.00 bits per heavy atom. The molecule has 2 aliphatic rings. The third kappa shape index (κ3) is 3.18. The topological polar surface area (TPSA) is 26.0 Å². The molecule has 4 nitrogen and oxygen atoms in total. The van der Waals surface area contributed by atoms with Crippen LogP contribution in [-0.2, 0) is 20.1 Å². The van der Waals surface area contributed by atoms with Crippen LogP contribution in [0.5, 0.6) is 0 Å². The van der Waals surface area contributed by atoms with Crippen LogP contribution in [0.4, 0.5) is 0 Å². The lowest BCUT2D eigenvalue weighted by atomic mass is 9.96.